The van der Waals surface area contributed by atoms with Crippen molar-refractivity contribution < 1.29 is 51.9 Å². The summed E-state index contributed by atoms with van der Waals surface area (Å²) in [5.74, 6) is -0.880. The summed E-state index contributed by atoms with van der Waals surface area (Å²) < 4.78 is 58.3. The Labute approximate surface area is 368 Å². The number of thiophene rings is 1. The number of hydrogen-bond acceptors (Lipinski definition) is 11. The zero-order chi connectivity index (χ0) is 44.4. The highest BCUT2D eigenvalue weighted by Crippen LogP contribution is 2.47. The Balaban J connectivity index is 1.08. The molecule has 3 N–H and O–H groups in total. The molecule has 0 unspecified atom stereocenters. The molecule has 15 heteroatoms. The van der Waals surface area contributed by atoms with Crippen LogP contribution >= 0.6 is 11.3 Å². The molecule has 3 heterocycles. The van der Waals surface area contributed by atoms with Crippen molar-refractivity contribution >= 4 is 33.4 Å². The lowest BCUT2D eigenvalue weighted by Crippen LogP contribution is -2.51. The van der Waals surface area contributed by atoms with Gasteiger partial charge in [0.25, 0.3) is 0 Å². The molecule has 5 atom stereocenters. The summed E-state index contributed by atoms with van der Waals surface area (Å²) in [6.07, 6.45) is 0.757. The number of aromatic carboxylic acids is 1. The highest BCUT2D eigenvalue weighted by atomic mass is 32.2. The first-order valence-corrected chi connectivity index (χ1v) is 23.5. The van der Waals surface area contributed by atoms with E-state index in [1.54, 1.807) is 23.5 Å². The maximum absolute atomic E-state index is 14.0. The van der Waals surface area contributed by atoms with Crippen LogP contribution in [0.15, 0.2) is 77.7 Å². The van der Waals surface area contributed by atoms with Crippen molar-refractivity contribution in [1.82, 2.24) is 9.62 Å². The van der Waals surface area contributed by atoms with E-state index in [0.717, 1.165) is 40.0 Å². The Morgan fingerprint density at radius 2 is 1.69 bits per heavy atom. The molecular formula is C47H58N2O11S2. The number of nitrogens with zero attached hydrogens (tertiary/aromatic N) is 1. The SMILES string of the molecule is COc1ccc(S(=O)(=O)N(CC(C)C)C[C@@H](O)[C@H](Cc2ccc(COc3ccccc3-c3sc4c(c3C(=O)O)CC(C)(C)CC4)cc2)NC(=O)O[C@H]2CO[C@@]3(C)OCC[C@@H]23)cc1. The normalized spacial score (nSPS) is 21.6. The second-order valence-electron chi connectivity index (χ2n) is 17.9. The van der Waals surface area contributed by atoms with E-state index < -0.39 is 46.1 Å². The Bertz CT molecular complexity index is 2330. The first kappa shape index (κ1) is 45.5. The van der Waals surface area contributed by atoms with Crippen molar-refractivity contribution in [2.45, 2.75) is 102 Å². The molecule has 3 aromatic carbocycles. The van der Waals surface area contributed by atoms with Crippen LogP contribution in [0.2, 0.25) is 0 Å². The van der Waals surface area contributed by atoms with E-state index in [-0.39, 0.29) is 54.9 Å². The van der Waals surface area contributed by atoms with E-state index >= 15 is 0 Å². The van der Waals surface area contributed by atoms with Gasteiger partial charge in [-0.05, 0) is 103 Å². The van der Waals surface area contributed by atoms with Crippen LogP contribution in [0.25, 0.3) is 10.4 Å². The monoisotopic (exact) mass is 890 g/mol. The first-order chi connectivity index (χ1) is 29.5. The number of fused-ring (bicyclic) bond motifs is 2. The van der Waals surface area contributed by atoms with E-state index in [1.807, 2.05) is 69.3 Å². The van der Waals surface area contributed by atoms with E-state index in [2.05, 4.69) is 19.2 Å². The molecule has 13 nitrogen and oxygen atoms in total. The number of ether oxygens (including phenoxy) is 5. The van der Waals surface area contributed by atoms with Gasteiger partial charge in [-0.25, -0.2) is 18.0 Å². The second kappa shape index (κ2) is 18.7. The van der Waals surface area contributed by atoms with Crippen LogP contribution in [-0.4, -0.2) is 92.4 Å². The van der Waals surface area contributed by atoms with Crippen LogP contribution in [0.5, 0.6) is 11.5 Å². The molecule has 2 aliphatic heterocycles. The molecule has 0 spiro atoms. The van der Waals surface area contributed by atoms with Crippen molar-refractivity contribution in [2.75, 3.05) is 33.4 Å². The van der Waals surface area contributed by atoms with Crippen molar-refractivity contribution in [2.24, 2.45) is 17.3 Å². The minimum absolute atomic E-state index is 0.0281. The number of alkyl carbamates (subject to hydrolysis) is 1. The van der Waals surface area contributed by atoms with Crippen LogP contribution in [-0.2, 0) is 50.1 Å². The van der Waals surface area contributed by atoms with Gasteiger partial charge in [-0.15, -0.1) is 11.3 Å². The predicted molar refractivity (Wildman–Crippen MR) is 235 cm³/mol. The number of carboxylic acids is 1. The number of sulfonamides is 1. The van der Waals surface area contributed by atoms with Crippen molar-refractivity contribution in [3.8, 4) is 21.9 Å². The van der Waals surface area contributed by atoms with Crippen molar-refractivity contribution in [3.63, 3.8) is 0 Å². The van der Waals surface area contributed by atoms with Gasteiger partial charge in [-0.1, -0.05) is 64.1 Å². The van der Waals surface area contributed by atoms with E-state index in [1.165, 1.54) is 23.5 Å². The molecular weight excluding hydrogens is 833 g/mol. The number of rotatable bonds is 17. The molecule has 2 fully saturated rings. The van der Waals surface area contributed by atoms with E-state index in [4.69, 9.17) is 23.7 Å². The first-order valence-electron chi connectivity index (χ1n) is 21.2. The van der Waals surface area contributed by atoms with Crippen LogP contribution in [0.3, 0.4) is 0 Å². The van der Waals surface area contributed by atoms with E-state index in [0.29, 0.717) is 41.4 Å². The zero-order valence-electron chi connectivity index (χ0n) is 36.2. The van der Waals surface area contributed by atoms with Gasteiger partial charge < -0.3 is 39.2 Å². The third-order valence-electron chi connectivity index (χ3n) is 12.2. The molecule has 62 heavy (non-hydrogen) atoms. The maximum Gasteiger partial charge on any atom is 0.407 e. The summed E-state index contributed by atoms with van der Waals surface area (Å²) in [7, 11) is -2.55. The second-order valence-corrected chi connectivity index (χ2v) is 20.9. The van der Waals surface area contributed by atoms with Gasteiger partial charge in [0.1, 0.15) is 24.2 Å². The van der Waals surface area contributed by atoms with Gasteiger partial charge in [0, 0.05) is 23.5 Å². The minimum atomic E-state index is -4.05. The zero-order valence-corrected chi connectivity index (χ0v) is 37.9. The average Bonchev–Trinajstić information content (AvgIpc) is 3.90. The summed E-state index contributed by atoms with van der Waals surface area (Å²) in [6.45, 7) is 10.7. The molecule has 1 aromatic heterocycles. The maximum atomic E-state index is 14.0. The smallest absolute Gasteiger partial charge is 0.407 e. The molecule has 4 aromatic rings. The lowest BCUT2D eigenvalue weighted by Gasteiger charge is -2.31. The number of methoxy groups -OCH3 is 1. The number of carbonyl (C=O) groups is 2. The van der Waals surface area contributed by atoms with Gasteiger partial charge in [0.15, 0.2) is 5.79 Å². The van der Waals surface area contributed by atoms with Crippen molar-refractivity contribution in [1.29, 1.82) is 0 Å². The van der Waals surface area contributed by atoms with Crippen LogP contribution in [0, 0.1) is 17.3 Å². The molecule has 0 radical (unpaired) electrons. The molecule has 0 saturated carbocycles. The topological polar surface area (TPSA) is 170 Å². The van der Waals surface area contributed by atoms with Crippen LogP contribution in [0.4, 0.5) is 4.79 Å². The molecule has 334 valence electrons. The minimum Gasteiger partial charge on any atom is -0.497 e. The number of hydrogen-bond donors (Lipinski definition) is 3. The third kappa shape index (κ3) is 10.1. The fourth-order valence-corrected chi connectivity index (χ4v) is 11.7. The van der Waals surface area contributed by atoms with Crippen LogP contribution < -0.4 is 14.8 Å². The van der Waals surface area contributed by atoms with E-state index in [9.17, 15) is 28.2 Å². The average molecular weight is 891 g/mol. The molecule has 2 saturated heterocycles. The van der Waals surface area contributed by atoms with Crippen molar-refractivity contribution in [3.05, 3.63) is 99.9 Å². The number of carbonyl (C=O) groups excluding carboxylic acids is 1. The molecule has 1 aliphatic carbocycles. The summed E-state index contributed by atoms with van der Waals surface area (Å²) in [5, 5.41) is 25.1. The molecule has 7 rings (SSSR count). The summed E-state index contributed by atoms with van der Waals surface area (Å²) >= 11 is 1.54. The lowest BCUT2D eigenvalue weighted by atomic mass is 9.76. The fourth-order valence-electron chi connectivity index (χ4n) is 8.73. The van der Waals surface area contributed by atoms with Gasteiger partial charge in [-0.2, -0.15) is 4.31 Å². The van der Waals surface area contributed by atoms with Gasteiger partial charge in [-0.3, -0.25) is 0 Å². The van der Waals surface area contributed by atoms with Gasteiger partial charge in [0.05, 0.1) is 53.7 Å². The summed E-state index contributed by atoms with van der Waals surface area (Å²) in [6, 6.07) is 20.2. The number of aliphatic hydroxyl groups is 1. The Kier molecular flexibility index (Phi) is 13.7. The highest BCUT2D eigenvalue weighted by molar-refractivity contribution is 7.89. The van der Waals surface area contributed by atoms with Crippen LogP contribution in [0.1, 0.15) is 79.4 Å². The number of nitrogens with one attached hydrogen (secondary N) is 1. The fraction of sp³-hybridized carbons (Fsp3) is 0.489. The number of amides is 1. The largest absolute Gasteiger partial charge is 0.497 e. The number of aliphatic hydroxyl groups excluding tert-OH is 1. The number of para-hydroxylation sites is 1. The molecule has 3 aliphatic rings. The standard InChI is InChI=1S/C47H58N2O11S2/c1-29(2)25-49(62(54,55)33-17-15-32(56-6)16-18-33)26-38(50)37(48-45(53)60-40-28-59-47(5)36(40)20-22-58-47)23-30-11-13-31(14-12-30)27-57-39-10-8-7-9-34(39)43-42(44(51)52)35-24-46(3,4)21-19-41(35)61-43/h7-18,29,36-38,40,50H,19-28H2,1-6H3,(H,48,53)(H,51,52)/t36-,37-,38+,40-,47+/m0/s1. The molecule has 0 bridgehead atoms. The lowest BCUT2D eigenvalue weighted by molar-refractivity contribution is -0.181. The summed E-state index contributed by atoms with van der Waals surface area (Å²) in [4.78, 5) is 28.1. The Morgan fingerprint density at radius 3 is 2.39 bits per heavy atom. The third-order valence-corrected chi connectivity index (χ3v) is 15.3. The number of benzene rings is 3. The quantitative estimate of drug-likeness (QED) is 0.0949. The summed E-state index contributed by atoms with van der Waals surface area (Å²) in [5.41, 5.74) is 3.67. The Morgan fingerprint density at radius 1 is 0.984 bits per heavy atom. The predicted octanol–water partition coefficient (Wildman–Crippen LogP) is 7.71. The Hall–Kier alpha value is -4.51. The number of aryl methyl sites for hydroxylation is 1. The molecule has 1 amide bonds. The highest BCUT2D eigenvalue weighted by Gasteiger charge is 2.53. The number of carboxylic acid groups (broad SMARTS) is 1. The van der Waals surface area contributed by atoms with Gasteiger partial charge >= 0.3 is 12.1 Å². The van der Waals surface area contributed by atoms with Gasteiger partial charge in [0.2, 0.25) is 10.0 Å².